The summed E-state index contributed by atoms with van der Waals surface area (Å²) < 4.78 is 0.767. The Kier molecular flexibility index (Phi) is 4.76. The molecule has 0 saturated heterocycles. The number of nitrogens with one attached hydrogen (secondary N) is 1. The third kappa shape index (κ3) is 3.21. The van der Waals surface area contributed by atoms with Crippen molar-refractivity contribution in [2.75, 3.05) is 32.9 Å². The number of nitrogen functional groups attached to an aromatic ring is 1. The molecule has 0 aliphatic carbocycles. The molecule has 16 heavy (non-hydrogen) atoms. The van der Waals surface area contributed by atoms with Gasteiger partial charge in [-0.2, -0.15) is 0 Å². The van der Waals surface area contributed by atoms with Crippen molar-refractivity contribution in [1.82, 2.24) is 10.2 Å². The topological polar surface area (TPSA) is 58.4 Å². The molecule has 0 aromatic heterocycles. The number of hydrogen-bond acceptors (Lipinski definition) is 3. The van der Waals surface area contributed by atoms with Crippen molar-refractivity contribution in [3.05, 3.63) is 28.2 Å². The standard InChI is InChI=1S/C11H16BrN3O/c1-14-5-6-15(2)11(16)9-7-8(13)3-4-10(9)12/h3-4,7,14H,5-6,13H2,1-2H3. The maximum absolute atomic E-state index is 12.0. The highest BCUT2D eigenvalue weighted by Crippen LogP contribution is 2.20. The van der Waals surface area contributed by atoms with Gasteiger partial charge in [0.25, 0.3) is 5.91 Å². The van der Waals surface area contributed by atoms with Crippen molar-refractivity contribution in [3.8, 4) is 0 Å². The summed E-state index contributed by atoms with van der Waals surface area (Å²) in [7, 11) is 3.63. The number of likely N-dealkylation sites (N-methyl/N-ethyl adjacent to an activating group) is 2. The van der Waals surface area contributed by atoms with Gasteiger partial charge in [0.1, 0.15) is 0 Å². The van der Waals surface area contributed by atoms with Crippen LogP contribution < -0.4 is 11.1 Å². The highest BCUT2D eigenvalue weighted by molar-refractivity contribution is 9.10. The molecule has 0 heterocycles. The number of hydrogen-bond donors (Lipinski definition) is 2. The second kappa shape index (κ2) is 5.86. The van der Waals surface area contributed by atoms with Crippen LogP contribution in [-0.2, 0) is 0 Å². The smallest absolute Gasteiger partial charge is 0.254 e. The van der Waals surface area contributed by atoms with Gasteiger partial charge in [-0.3, -0.25) is 4.79 Å². The molecule has 1 amide bonds. The molecule has 88 valence electrons. The maximum Gasteiger partial charge on any atom is 0.254 e. The molecule has 0 aliphatic heterocycles. The molecular formula is C11H16BrN3O. The molecule has 1 rings (SSSR count). The Morgan fingerprint density at radius 3 is 2.88 bits per heavy atom. The quantitative estimate of drug-likeness (QED) is 0.821. The van der Waals surface area contributed by atoms with Crippen LogP contribution in [0.25, 0.3) is 0 Å². The number of amides is 1. The minimum absolute atomic E-state index is 0.0329. The van der Waals surface area contributed by atoms with E-state index in [4.69, 9.17) is 5.73 Å². The fourth-order valence-corrected chi connectivity index (χ4v) is 1.71. The second-order valence-electron chi connectivity index (χ2n) is 3.57. The van der Waals surface area contributed by atoms with Crippen molar-refractivity contribution >= 4 is 27.5 Å². The lowest BCUT2D eigenvalue weighted by atomic mass is 10.2. The summed E-state index contributed by atoms with van der Waals surface area (Å²) >= 11 is 3.35. The van der Waals surface area contributed by atoms with Gasteiger partial charge in [0, 0.05) is 30.3 Å². The van der Waals surface area contributed by atoms with Gasteiger partial charge in [-0.1, -0.05) is 0 Å². The highest BCUT2D eigenvalue weighted by atomic mass is 79.9. The third-order valence-corrected chi connectivity index (χ3v) is 2.96. The van der Waals surface area contributed by atoms with E-state index < -0.39 is 0 Å². The summed E-state index contributed by atoms with van der Waals surface area (Å²) in [5.41, 5.74) is 6.85. The molecule has 0 aliphatic rings. The Morgan fingerprint density at radius 2 is 2.25 bits per heavy atom. The SMILES string of the molecule is CNCCN(C)C(=O)c1cc(N)ccc1Br. The molecule has 3 N–H and O–H groups in total. The van der Waals surface area contributed by atoms with Gasteiger partial charge in [-0.25, -0.2) is 0 Å². The van der Waals surface area contributed by atoms with Crippen molar-refractivity contribution in [3.63, 3.8) is 0 Å². The van der Waals surface area contributed by atoms with Crippen LogP contribution in [0.2, 0.25) is 0 Å². The molecule has 0 bridgehead atoms. The average Bonchev–Trinajstić information content (AvgIpc) is 2.28. The number of halogens is 1. The van der Waals surface area contributed by atoms with Crippen LogP contribution >= 0.6 is 15.9 Å². The van der Waals surface area contributed by atoms with Gasteiger partial charge in [0.2, 0.25) is 0 Å². The molecule has 4 nitrogen and oxygen atoms in total. The fourth-order valence-electron chi connectivity index (χ4n) is 1.29. The zero-order valence-electron chi connectivity index (χ0n) is 9.46. The van der Waals surface area contributed by atoms with E-state index in [1.165, 1.54) is 0 Å². The maximum atomic E-state index is 12.0. The lowest BCUT2D eigenvalue weighted by molar-refractivity contribution is 0.0796. The molecule has 0 fully saturated rings. The third-order valence-electron chi connectivity index (χ3n) is 2.26. The lowest BCUT2D eigenvalue weighted by Gasteiger charge is -2.17. The Balaban J connectivity index is 2.83. The zero-order valence-corrected chi connectivity index (χ0v) is 11.0. The first-order valence-corrected chi connectivity index (χ1v) is 5.80. The van der Waals surface area contributed by atoms with Gasteiger partial charge in [-0.15, -0.1) is 0 Å². The van der Waals surface area contributed by atoms with E-state index in [1.54, 1.807) is 30.1 Å². The molecule has 5 heteroatoms. The Labute approximate surface area is 104 Å². The Hall–Kier alpha value is -1.07. The number of carbonyl (C=O) groups excluding carboxylic acids is 1. The zero-order chi connectivity index (χ0) is 12.1. The van der Waals surface area contributed by atoms with Crippen LogP contribution in [0.3, 0.4) is 0 Å². The number of nitrogens with two attached hydrogens (primary N) is 1. The van der Waals surface area contributed by atoms with Gasteiger partial charge >= 0.3 is 0 Å². The molecular weight excluding hydrogens is 270 g/mol. The number of anilines is 1. The largest absolute Gasteiger partial charge is 0.399 e. The average molecular weight is 286 g/mol. The van der Waals surface area contributed by atoms with Gasteiger partial charge in [-0.05, 0) is 41.2 Å². The molecule has 0 unspecified atom stereocenters. The van der Waals surface area contributed by atoms with Crippen LogP contribution in [0.5, 0.6) is 0 Å². The predicted octanol–water partition coefficient (Wildman–Crippen LogP) is 1.32. The number of rotatable bonds is 4. The molecule has 0 radical (unpaired) electrons. The summed E-state index contributed by atoms with van der Waals surface area (Å²) in [6.07, 6.45) is 0. The first-order valence-electron chi connectivity index (χ1n) is 5.01. The fraction of sp³-hybridized carbons (Fsp3) is 0.364. The van der Waals surface area contributed by atoms with Gasteiger partial charge in [0.05, 0.1) is 5.56 Å². The van der Waals surface area contributed by atoms with E-state index >= 15 is 0 Å². The van der Waals surface area contributed by atoms with E-state index in [0.717, 1.165) is 11.0 Å². The molecule has 1 aromatic carbocycles. The number of nitrogens with zero attached hydrogens (tertiary/aromatic N) is 1. The monoisotopic (exact) mass is 285 g/mol. The lowest BCUT2D eigenvalue weighted by Crippen LogP contribution is -2.33. The minimum atomic E-state index is -0.0329. The van der Waals surface area contributed by atoms with E-state index in [9.17, 15) is 4.79 Å². The molecule has 0 spiro atoms. The van der Waals surface area contributed by atoms with E-state index in [1.807, 2.05) is 7.05 Å². The van der Waals surface area contributed by atoms with Crippen molar-refractivity contribution in [2.24, 2.45) is 0 Å². The summed E-state index contributed by atoms with van der Waals surface area (Å²) in [6.45, 7) is 1.43. The van der Waals surface area contributed by atoms with Crippen molar-refractivity contribution in [1.29, 1.82) is 0 Å². The number of benzene rings is 1. The molecule has 0 atom stereocenters. The van der Waals surface area contributed by atoms with Crippen LogP contribution in [0.1, 0.15) is 10.4 Å². The summed E-state index contributed by atoms with van der Waals surface area (Å²) in [5, 5.41) is 3.00. The van der Waals surface area contributed by atoms with Crippen LogP contribution in [0.4, 0.5) is 5.69 Å². The van der Waals surface area contributed by atoms with E-state index in [-0.39, 0.29) is 5.91 Å². The van der Waals surface area contributed by atoms with Gasteiger partial charge < -0.3 is 16.0 Å². The summed E-state index contributed by atoms with van der Waals surface area (Å²) in [4.78, 5) is 13.7. The Morgan fingerprint density at radius 1 is 1.56 bits per heavy atom. The van der Waals surface area contributed by atoms with Crippen molar-refractivity contribution < 1.29 is 4.79 Å². The van der Waals surface area contributed by atoms with Crippen LogP contribution in [-0.4, -0.2) is 38.0 Å². The summed E-state index contributed by atoms with van der Waals surface area (Å²) in [6, 6.07) is 5.23. The number of carbonyl (C=O) groups is 1. The van der Waals surface area contributed by atoms with Gasteiger partial charge in [0.15, 0.2) is 0 Å². The van der Waals surface area contributed by atoms with Crippen LogP contribution in [0, 0.1) is 0 Å². The van der Waals surface area contributed by atoms with E-state index in [2.05, 4.69) is 21.2 Å². The molecule has 1 aromatic rings. The first-order chi connectivity index (χ1) is 7.56. The van der Waals surface area contributed by atoms with Crippen LogP contribution in [0.15, 0.2) is 22.7 Å². The highest BCUT2D eigenvalue weighted by Gasteiger charge is 2.14. The second-order valence-corrected chi connectivity index (χ2v) is 4.42. The predicted molar refractivity (Wildman–Crippen MR) is 69.4 cm³/mol. The minimum Gasteiger partial charge on any atom is -0.399 e. The van der Waals surface area contributed by atoms with Crippen molar-refractivity contribution in [2.45, 2.75) is 0 Å². The van der Waals surface area contributed by atoms with E-state index in [0.29, 0.717) is 17.8 Å². The summed E-state index contributed by atoms with van der Waals surface area (Å²) in [5.74, 6) is -0.0329. The molecule has 0 saturated carbocycles. The normalized spacial score (nSPS) is 10.2. The first kappa shape index (κ1) is 13.0. The Bertz CT molecular complexity index is 381.